The van der Waals surface area contributed by atoms with Gasteiger partial charge in [0.15, 0.2) is 5.82 Å². The number of nitrogens with zero attached hydrogens (tertiary/aromatic N) is 4. The average Bonchev–Trinajstić information content (AvgIpc) is 2.74. The first kappa shape index (κ1) is 9.72. The predicted octanol–water partition coefficient (Wildman–Crippen LogP) is 0.948. The van der Waals surface area contributed by atoms with Crippen molar-refractivity contribution in [3.63, 3.8) is 0 Å². The molecule has 0 spiro atoms. The lowest BCUT2D eigenvalue weighted by Gasteiger charge is -2.03. The van der Waals surface area contributed by atoms with E-state index in [0.717, 1.165) is 6.20 Å². The van der Waals surface area contributed by atoms with Gasteiger partial charge in [0, 0.05) is 7.11 Å². The third kappa shape index (κ3) is 1.99. The number of aromatic nitrogens is 4. The second-order valence-corrected chi connectivity index (χ2v) is 2.88. The summed E-state index contributed by atoms with van der Waals surface area (Å²) < 4.78 is 18.3. The highest BCUT2D eigenvalue weighted by Gasteiger charge is 2.07. The molecular weight excluding hydrogens is 199 g/mol. The molecule has 0 saturated carbocycles. The standard InChI is InChI=1S/C9H9FN4O/c1-15-6-7-4-9(8(10)5-11-7)14-12-2-3-13-14/h2-5H,6H2,1H3. The molecule has 0 radical (unpaired) electrons. The Labute approximate surface area is 85.5 Å². The molecule has 6 heteroatoms. The Balaban J connectivity index is 2.41. The van der Waals surface area contributed by atoms with E-state index in [1.54, 1.807) is 13.2 Å². The van der Waals surface area contributed by atoms with Crippen LogP contribution in [-0.2, 0) is 11.3 Å². The van der Waals surface area contributed by atoms with E-state index in [-0.39, 0.29) is 5.69 Å². The molecule has 0 atom stereocenters. The fraction of sp³-hybridized carbons (Fsp3) is 0.222. The molecule has 0 aliphatic rings. The maximum atomic E-state index is 13.4. The summed E-state index contributed by atoms with van der Waals surface area (Å²) in [5.74, 6) is -0.467. The third-order valence-electron chi connectivity index (χ3n) is 1.82. The van der Waals surface area contributed by atoms with Crippen LogP contribution in [0.15, 0.2) is 24.7 Å². The lowest BCUT2D eigenvalue weighted by Crippen LogP contribution is -2.04. The first-order chi connectivity index (χ1) is 7.31. The van der Waals surface area contributed by atoms with Crippen LogP contribution >= 0.6 is 0 Å². The second-order valence-electron chi connectivity index (χ2n) is 2.88. The van der Waals surface area contributed by atoms with Gasteiger partial charge in [0.1, 0.15) is 5.69 Å². The van der Waals surface area contributed by atoms with Crippen LogP contribution < -0.4 is 0 Å². The van der Waals surface area contributed by atoms with Gasteiger partial charge in [-0.25, -0.2) is 4.39 Å². The van der Waals surface area contributed by atoms with Crippen molar-refractivity contribution in [1.29, 1.82) is 0 Å². The molecule has 0 saturated heterocycles. The van der Waals surface area contributed by atoms with Crippen LogP contribution in [-0.4, -0.2) is 27.1 Å². The molecule has 2 aromatic heterocycles. The Hall–Kier alpha value is -1.82. The summed E-state index contributed by atoms with van der Waals surface area (Å²) in [4.78, 5) is 5.07. The van der Waals surface area contributed by atoms with E-state index in [9.17, 15) is 4.39 Å². The molecule has 0 aliphatic carbocycles. The fourth-order valence-corrected chi connectivity index (χ4v) is 1.19. The van der Waals surface area contributed by atoms with Gasteiger partial charge in [-0.05, 0) is 6.07 Å². The van der Waals surface area contributed by atoms with E-state index in [2.05, 4.69) is 15.2 Å². The monoisotopic (exact) mass is 208 g/mol. The third-order valence-corrected chi connectivity index (χ3v) is 1.82. The largest absolute Gasteiger partial charge is 0.378 e. The van der Waals surface area contributed by atoms with Gasteiger partial charge in [0.05, 0.1) is 30.9 Å². The van der Waals surface area contributed by atoms with Crippen molar-refractivity contribution in [2.45, 2.75) is 6.61 Å². The minimum Gasteiger partial charge on any atom is -0.378 e. The molecule has 2 rings (SSSR count). The van der Waals surface area contributed by atoms with Crippen molar-refractivity contribution >= 4 is 0 Å². The summed E-state index contributed by atoms with van der Waals surface area (Å²) in [6.45, 7) is 0.328. The number of hydrogen-bond acceptors (Lipinski definition) is 4. The van der Waals surface area contributed by atoms with E-state index >= 15 is 0 Å². The van der Waals surface area contributed by atoms with Gasteiger partial charge in [-0.3, -0.25) is 4.98 Å². The normalized spacial score (nSPS) is 10.5. The van der Waals surface area contributed by atoms with Gasteiger partial charge < -0.3 is 4.74 Å². The topological polar surface area (TPSA) is 52.8 Å². The molecule has 0 fully saturated rings. The lowest BCUT2D eigenvalue weighted by atomic mass is 10.3. The maximum absolute atomic E-state index is 13.4. The van der Waals surface area contributed by atoms with Gasteiger partial charge in [-0.2, -0.15) is 10.2 Å². The molecule has 78 valence electrons. The van der Waals surface area contributed by atoms with Gasteiger partial charge in [-0.1, -0.05) is 0 Å². The van der Waals surface area contributed by atoms with Crippen LogP contribution in [0.3, 0.4) is 0 Å². The number of ether oxygens (including phenoxy) is 1. The molecule has 0 bridgehead atoms. The number of halogens is 1. The number of hydrogen-bond donors (Lipinski definition) is 0. The molecular formula is C9H9FN4O. The SMILES string of the molecule is COCc1cc(-n2nccn2)c(F)cn1. The van der Waals surface area contributed by atoms with Crippen molar-refractivity contribution in [3.05, 3.63) is 36.2 Å². The summed E-state index contributed by atoms with van der Waals surface area (Å²) in [5.41, 5.74) is 0.897. The van der Waals surface area contributed by atoms with Crippen molar-refractivity contribution < 1.29 is 9.13 Å². The zero-order valence-electron chi connectivity index (χ0n) is 8.09. The van der Waals surface area contributed by atoms with Gasteiger partial charge >= 0.3 is 0 Å². The Morgan fingerprint density at radius 1 is 1.40 bits per heavy atom. The van der Waals surface area contributed by atoms with Crippen LogP contribution in [0.4, 0.5) is 4.39 Å². The Morgan fingerprint density at radius 2 is 2.13 bits per heavy atom. The summed E-state index contributed by atoms with van der Waals surface area (Å²) in [7, 11) is 1.55. The molecule has 5 nitrogen and oxygen atoms in total. The molecule has 0 N–H and O–H groups in total. The van der Waals surface area contributed by atoms with Crippen molar-refractivity contribution in [1.82, 2.24) is 20.0 Å². The van der Waals surface area contributed by atoms with Crippen molar-refractivity contribution in [2.24, 2.45) is 0 Å². The molecule has 0 aliphatic heterocycles. The summed E-state index contributed by atoms with van der Waals surface area (Å²) >= 11 is 0. The smallest absolute Gasteiger partial charge is 0.168 e. The Bertz CT molecular complexity index is 443. The van der Waals surface area contributed by atoms with E-state index in [4.69, 9.17) is 4.74 Å². The Kier molecular flexibility index (Phi) is 2.68. The van der Waals surface area contributed by atoms with Crippen LogP contribution in [0.2, 0.25) is 0 Å². The first-order valence-electron chi connectivity index (χ1n) is 4.31. The van der Waals surface area contributed by atoms with E-state index in [1.807, 2.05) is 0 Å². The van der Waals surface area contributed by atoms with Crippen LogP contribution in [0.5, 0.6) is 0 Å². The molecule has 0 unspecified atom stereocenters. The highest BCUT2D eigenvalue weighted by atomic mass is 19.1. The van der Waals surface area contributed by atoms with Crippen molar-refractivity contribution in [2.75, 3.05) is 7.11 Å². The highest BCUT2D eigenvalue weighted by Crippen LogP contribution is 2.11. The molecule has 0 aromatic carbocycles. The van der Waals surface area contributed by atoms with Crippen LogP contribution in [0, 0.1) is 5.82 Å². The summed E-state index contributed by atoms with van der Waals surface area (Å²) in [6, 6.07) is 1.55. The van der Waals surface area contributed by atoms with Gasteiger partial charge in [0.25, 0.3) is 0 Å². The van der Waals surface area contributed by atoms with Gasteiger partial charge in [-0.15, -0.1) is 4.80 Å². The van der Waals surface area contributed by atoms with Gasteiger partial charge in [0.2, 0.25) is 0 Å². The van der Waals surface area contributed by atoms with E-state index < -0.39 is 5.82 Å². The molecule has 2 aromatic rings. The van der Waals surface area contributed by atoms with E-state index in [1.165, 1.54) is 17.2 Å². The van der Waals surface area contributed by atoms with Crippen LogP contribution in [0.25, 0.3) is 5.69 Å². The minimum atomic E-state index is -0.467. The highest BCUT2D eigenvalue weighted by molar-refractivity contribution is 5.31. The summed E-state index contributed by atoms with van der Waals surface area (Å²) in [5, 5.41) is 7.69. The summed E-state index contributed by atoms with van der Waals surface area (Å²) in [6.07, 6.45) is 4.10. The van der Waals surface area contributed by atoms with Crippen LogP contribution in [0.1, 0.15) is 5.69 Å². The predicted molar refractivity (Wildman–Crippen MR) is 49.8 cm³/mol. The van der Waals surface area contributed by atoms with Crippen molar-refractivity contribution in [3.8, 4) is 5.69 Å². The molecule has 2 heterocycles. The number of rotatable bonds is 3. The maximum Gasteiger partial charge on any atom is 0.168 e. The molecule has 0 amide bonds. The first-order valence-corrected chi connectivity index (χ1v) is 4.31. The number of methoxy groups -OCH3 is 1. The minimum absolute atomic E-state index is 0.266. The fourth-order valence-electron chi connectivity index (χ4n) is 1.19. The lowest BCUT2D eigenvalue weighted by molar-refractivity contribution is 0.181. The second kappa shape index (κ2) is 4.14. The quantitative estimate of drug-likeness (QED) is 0.753. The zero-order chi connectivity index (χ0) is 10.7. The Morgan fingerprint density at radius 3 is 2.80 bits per heavy atom. The van der Waals surface area contributed by atoms with E-state index in [0.29, 0.717) is 12.3 Å². The zero-order valence-corrected chi connectivity index (χ0v) is 8.09. The number of pyridine rings is 1. The average molecular weight is 208 g/mol. The molecule has 15 heavy (non-hydrogen) atoms.